The van der Waals surface area contributed by atoms with Crippen LogP contribution in [-0.2, 0) is 11.8 Å². The highest BCUT2D eigenvalue weighted by Crippen LogP contribution is 2.49. The molecule has 0 saturated carbocycles. The Kier molecular flexibility index (Phi) is 4.08. The highest BCUT2D eigenvalue weighted by molar-refractivity contribution is 5.99. The number of rotatable bonds is 2. The standard InChI is InChI=1S/C23H24O6/c1-10(2)6-7-12-17-15(9-14(25)20(12)26)29-22-18(21(17)27)13(24)8-16-19(22)23(4,5)11(3)28-16/h6,8-9,11,24-26H,7H2,1-5H3. The van der Waals surface area contributed by atoms with Crippen LogP contribution in [0, 0.1) is 0 Å². The SMILES string of the molecule is CC(C)=CCc1c(O)c(O)cc2oc3c4c(cc(O)c3c(=O)c12)OC(C)C4(C)C. The first-order valence-corrected chi connectivity index (χ1v) is 9.54. The van der Waals surface area contributed by atoms with E-state index in [0.717, 1.165) is 5.57 Å². The lowest BCUT2D eigenvalue weighted by molar-refractivity contribution is 0.185. The van der Waals surface area contributed by atoms with Crippen LogP contribution in [-0.4, -0.2) is 21.4 Å². The first kappa shape index (κ1) is 19.2. The van der Waals surface area contributed by atoms with Gasteiger partial charge in [-0.2, -0.15) is 0 Å². The minimum Gasteiger partial charge on any atom is -0.507 e. The van der Waals surface area contributed by atoms with Gasteiger partial charge < -0.3 is 24.5 Å². The molecule has 1 atom stereocenters. The molecule has 4 rings (SSSR count). The van der Waals surface area contributed by atoms with Gasteiger partial charge in [-0.05, 0) is 27.2 Å². The van der Waals surface area contributed by atoms with E-state index in [9.17, 15) is 20.1 Å². The predicted octanol–water partition coefficient (Wildman–Crippen LogP) is 4.63. The first-order valence-electron chi connectivity index (χ1n) is 9.54. The Balaban J connectivity index is 2.19. The summed E-state index contributed by atoms with van der Waals surface area (Å²) in [6.45, 7) is 9.69. The molecule has 0 fully saturated rings. The summed E-state index contributed by atoms with van der Waals surface area (Å²) in [5.41, 5.74) is 1.46. The summed E-state index contributed by atoms with van der Waals surface area (Å²) in [6.07, 6.45) is 1.91. The molecule has 1 aromatic heterocycles. The quantitative estimate of drug-likeness (QED) is 0.332. The molecule has 29 heavy (non-hydrogen) atoms. The second-order valence-electron chi connectivity index (χ2n) is 8.47. The van der Waals surface area contributed by atoms with Crippen LogP contribution < -0.4 is 10.2 Å². The van der Waals surface area contributed by atoms with Crippen LogP contribution in [0.15, 0.2) is 33.0 Å². The van der Waals surface area contributed by atoms with Gasteiger partial charge in [0.2, 0.25) is 5.43 Å². The van der Waals surface area contributed by atoms with Gasteiger partial charge in [-0.25, -0.2) is 0 Å². The minimum absolute atomic E-state index is 0.0468. The Labute approximate surface area is 167 Å². The number of fused-ring (bicyclic) bond motifs is 4. The Morgan fingerprint density at radius 1 is 1.14 bits per heavy atom. The minimum atomic E-state index is -0.454. The largest absolute Gasteiger partial charge is 0.507 e. The van der Waals surface area contributed by atoms with E-state index in [-0.39, 0.29) is 57.3 Å². The molecule has 3 N–H and O–H groups in total. The molecule has 0 aliphatic carbocycles. The van der Waals surface area contributed by atoms with Gasteiger partial charge in [-0.15, -0.1) is 0 Å². The Bertz CT molecular complexity index is 1260. The molecule has 1 aliphatic rings. The van der Waals surface area contributed by atoms with E-state index in [1.54, 1.807) is 0 Å². The fourth-order valence-electron chi connectivity index (χ4n) is 3.94. The molecule has 6 nitrogen and oxygen atoms in total. The van der Waals surface area contributed by atoms with Crippen molar-refractivity contribution in [3.63, 3.8) is 0 Å². The zero-order chi connectivity index (χ0) is 21.2. The number of allylic oxidation sites excluding steroid dienone is 2. The smallest absolute Gasteiger partial charge is 0.204 e. The number of hydrogen-bond acceptors (Lipinski definition) is 6. The van der Waals surface area contributed by atoms with Crippen molar-refractivity contribution in [2.75, 3.05) is 0 Å². The highest BCUT2D eigenvalue weighted by Gasteiger charge is 2.42. The van der Waals surface area contributed by atoms with Gasteiger partial charge in [0, 0.05) is 28.7 Å². The van der Waals surface area contributed by atoms with Gasteiger partial charge in [0.25, 0.3) is 0 Å². The number of phenolic OH excluding ortho intramolecular Hbond substituents is 3. The summed E-state index contributed by atoms with van der Waals surface area (Å²) in [4.78, 5) is 13.5. The zero-order valence-electron chi connectivity index (χ0n) is 17.1. The van der Waals surface area contributed by atoms with Crippen LogP contribution in [0.2, 0.25) is 0 Å². The molecule has 0 spiro atoms. The number of benzene rings is 2. The molecule has 0 radical (unpaired) electrons. The van der Waals surface area contributed by atoms with E-state index in [1.165, 1.54) is 12.1 Å². The van der Waals surface area contributed by atoms with E-state index in [4.69, 9.17) is 9.15 Å². The molecule has 1 aliphatic heterocycles. The van der Waals surface area contributed by atoms with Crippen molar-refractivity contribution in [3.05, 3.63) is 45.1 Å². The Hall–Kier alpha value is -3.15. The molecule has 6 heteroatoms. The van der Waals surface area contributed by atoms with Crippen molar-refractivity contribution in [2.45, 2.75) is 52.6 Å². The van der Waals surface area contributed by atoms with E-state index in [0.29, 0.717) is 11.3 Å². The van der Waals surface area contributed by atoms with Gasteiger partial charge >= 0.3 is 0 Å². The zero-order valence-corrected chi connectivity index (χ0v) is 17.1. The molecule has 3 aromatic rings. The summed E-state index contributed by atoms with van der Waals surface area (Å²) >= 11 is 0. The summed E-state index contributed by atoms with van der Waals surface area (Å²) < 4.78 is 12.0. The van der Waals surface area contributed by atoms with Crippen LogP contribution in [0.4, 0.5) is 0 Å². The van der Waals surface area contributed by atoms with E-state index < -0.39 is 10.8 Å². The average molecular weight is 396 g/mol. The molecular weight excluding hydrogens is 372 g/mol. The van der Waals surface area contributed by atoms with Gasteiger partial charge in [0.1, 0.15) is 34.2 Å². The monoisotopic (exact) mass is 396 g/mol. The Morgan fingerprint density at radius 2 is 1.83 bits per heavy atom. The third kappa shape index (κ3) is 2.66. The van der Waals surface area contributed by atoms with Gasteiger partial charge in [0.15, 0.2) is 11.5 Å². The number of ether oxygens (including phenoxy) is 1. The Morgan fingerprint density at radius 3 is 2.48 bits per heavy atom. The second kappa shape index (κ2) is 6.17. The van der Waals surface area contributed by atoms with Crippen LogP contribution in [0.1, 0.15) is 45.7 Å². The van der Waals surface area contributed by atoms with E-state index in [2.05, 4.69) is 0 Å². The number of hydrogen-bond donors (Lipinski definition) is 3. The molecule has 1 unspecified atom stereocenters. The maximum Gasteiger partial charge on any atom is 0.204 e. The number of aromatic hydroxyl groups is 3. The fourth-order valence-corrected chi connectivity index (χ4v) is 3.94. The van der Waals surface area contributed by atoms with Crippen LogP contribution in [0.25, 0.3) is 21.9 Å². The number of phenols is 3. The maximum absolute atomic E-state index is 13.5. The summed E-state index contributed by atoms with van der Waals surface area (Å²) in [6, 6.07) is 2.68. The summed E-state index contributed by atoms with van der Waals surface area (Å²) in [5.74, 6) is -0.486. The van der Waals surface area contributed by atoms with Gasteiger partial charge in [-0.3, -0.25) is 4.79 Å². The van der Waals surface area contributed by atoms with Crippen molar-refractivity contribution < 1.29 is 24.5 Å². The van der Waals surface area contributed by atoms with Crippen molar-refractivity contribution in [1.29, 1.82) is 0 Å². The van der Waals surface area contributed by atoms with Crippen molar-refractivity contribution in [1.82, 2.24) is 0 Å². The molecule has 2 heterocycles. The lowest BCUT2D eigenvalue weighted by atomic mass is 9.80. The summed E-state index contributed by atoms with van der Waals surface area (Å²) in [7, 11) is 0. The van der Waals surface area contributed by atoms with Crippen LogP contribution >= 0.6 is 0 Å². The predicted molar refractivity (Wildman–Crippen MR) is 111 cm³/mol. The van der Waals surface area contributed by atoms with Crippen molar-refractivity contribution >= 4 is 21.9 Å². The third-order valence-electron chi connectivity index (χ3n) is 5.91. The normalized spacial score (nSPS) is 17.3. The third-order valence-corrected chi connectivity index (χ3v) is 5.91. The second-order valence-corrected chi connectivity index (χ2v) is 8.47. The summed E-state index contributed by atoms with van der Waals surface area (Å²) in [5, 5.41) is 31.4. The van der Waals surface area contributed by atoms with Gasteiger partial charge in [-0.1, -0.05) is 25.5 Å². The molecule has 2 aromatic carbocycles. The first-order chi connectivity index (χ1) is 13.5. The lowest BCUT2D eigenvalue weighted by Crippen LogP contribution is -2.29. The van der Waals surface area contributed by atoms with Crippen LogP contribution in [0.3, 0.4) is 0 Å². The lowest BCUT2D eigenvalue weighted by Gasteiger charge is -2.22. The highest BCUT2D eigenvalue weighted by atomic mass is 16.5. The molecule has 0 bridgehead atoms. The topological polar surface area (TPSA) is 100 Å². The van der Waals surface area contributed by atoms with Crippen LogP contribution in [0.5, 0.6) is 23.0 Å². The van der Waals surface area contributed by atoms with Crippen molar-refractivity contribution in [3.8, 4) is 23.0 Å². The average Bonchev–Trinajstić information content (AvgIpc) is 2.84. The van der Waals surface area contributed by atoms with E-state index >= 15 is 0 Å². The molecule has 0 saturated heterocycles. The maximum atomic E-state index is 13.5. The van der Waals surface area contributed by atoms with E-state index in [1.807, 2.05) is 40.7 Å². The van der Waals surface area contributed by atoms with Crippen molar-refractivity contribution in [2.24, 2.45) is 0 Å². The molecule has 152 valence electrons. The fraction of sp³-hybridized carbons (Fsp3) is 0.348. The molecule has 0 amide bonds. The van der Waals surface area contributed by atoms with Gasteiger partial charge in [0.05, 0.1) is 5.39 Å². The molecular formula is C23H24O6.